The van der Waals surface area contributed by atoms with Crippen molar-refractivity contribution in [2.75, 3.05) is 26.9 Å². The summed E-state index contributed by atoms with van der Waals surface area (Å²) in [5.41, 5.74) is 1.63. The summed E-state index contributed by atoms with van der Waals surface area (Å²) in [5.74, 6) is 1.27. The highest BCUT2D eigenvalue weighted by Gasteiger charge is 2.41. The third kappa shape index (κ3) is 11.3. The predicted molar refractivity (Wildman–Crippen MR) is 229 cm³/mol. The molecule has 2 N–H and O–H groups in total. The Morgan fingerprint density at radius 2 is 1.49 bits per heavy atom. The molecule has 0 aliphatic heterocycles. The van der Waals surface area contributed by atoms with Crippen LogP contribution in [0.15, 0.2) is 54.7 Å². The fourth-order valence-electron chi connectivity index (χ4n) is 5.15. The zero-order chi connectivity index (χ0) is 41.0. The Morgan fingerprint density at radius 1 is 0.836 bits per heavy atom. The average molecular weight is 812 g/mol. The minimum Gasteiger partial charge on any atom is -0.598 e. The summed E-state index contributed by atoms with van der Waals surface area (Å²) < 4.78 is 42.2. The summed E-state index contributed by atoms with van der Waals surface area (Å²) in [5, 5.41) is 18.0. The van der Waals surface area contributed by atoms with Crippen LogP contribution >= 0.6 is 0 Å². The number of pyridine rings is 2. The number of aromatic nitrogens is 4. The Labute approximate surface area is 334 Å². The van der Waals surface area contributed by atoms with Crippen LogP contribution in [-0.2, 0) is 37.3 Å². The molecule has 304 valence electrons. The van der Waals surface area contributed by atoms with Gasteiger partial charge in [0.2, 0.25) is 0 Å². The maximum Gasteiger partial charge on any atom is 0.200 e. The number of hydrogen-bond acceptors (Lipinski definition) is 10. The number of fused-ring (bicyclic) bond motifs is 1. The molecule has 1 unspecified atom stereocenters. The zero-order valence-corrected chi connectivity index (χ0v) is 38.4. The van der Waals surface area contributed by atoms with Gasteiger partial charge >= 0.3 is 0 Å². The molecule has 2 atom stereocenters. The molecule has 3 heterocycles. The predicted octanol–water partition coefficient (Wildman–Crippen LogP) is 9.03. The van der Waals surface area contributed by atoms with Gasteiger partial charge in [-0.15, -0.1) is 4.72 Å². The van der Waals surface area contributed by atoms with E-state index in [-0.39, 0.29) is 16.5 Å². The molecule has 4 rings (SSSR count). The monoisotopic (exact) mass is 811 g/mol. The van der Waals surface area contributed by atoms with Gasteiger partial charge in [0, 0.05) is 37.1 Å². The van der Waals surface area contributed by atoms with Crippen LogP contribution in [0.2, 0.25) is 36.3 Å². The van der Waals surface area contributed by atoms with E-state index in [9.17, 15) is 9.66 Å². The Bertz CT molecular complexity index is 1890. The number of ether oxygens (including phenoxy) is 2. The lowest BCUT2D eigenvalue weighted by Crippen LogP contribution is -2.52. The van der Waals surface area contributed by atoms with E-state index in [0.29, 0.717) is 55.8 Å². The molecule has 0 bridgehead atoms. The first-order valence-corrected chi connectivity index (χ1v) is 26.1. The van der Waals surface area contributed by atoms with E-state index in [2.05, 4.69) is 72.5 Å². The molecule has 0 saturated carbocycles. The molecule has 0 aliphatic rings. The summed E-state index contributed by atoms with van der Waals surface area (Å²) >= 11 is -1.58. The van der Waals surface area contributed by atoms with Crippen LogP contribution in [-0.4, -0.2) is 77.7 Å². The average Bonchev–Trinajstić information content (AvgIpc) is 3.53. The van der Waals surface area contributed by atoms with Gasteiger partial charge in [-0.05, 0) is 99.9 Å². The lowest BCUT2D eigenvalue weighted by molar-refractivity contribution is 0.00527. The molecule has 14 heteroatoms. The fourth-order valence-corrected chi connectivity index (χ4v) is 8.00. The van der Waals surface area contributed by atoms with Gasteiger partial charge in [-0.2, -0.15) is 5.10 Å². The Hall–Kier alpha value is -2.67. The van der Waals surface area contributed by atoms with Gasteiger partial charge in [-0.25, -0.2) is 14.6 Å². The summed E-state index contributed by atoms with van der Waals surface area (Å²) in [6.07, 6.45) is 2.57. The van der Waals surface area contributed by atoms with Crippen LogP contribution in [0.4, 0.5) is 0 Å². The van der Waals surface area contributed by atoms with Crippen molar-refractivity contribution in [3.05, 3.63) is 66.1 Å². The number of hydrogen-bond donors (Lipinski definition) is 2. The highest BCUT2D eigenvalue weighted by molar-refractivity contribution is 7.90. The van der Waals surface area contributed by atoms with Crippen LogP contribution in [0, 0.1) is 0 Å². The molecule has 0 radical (unpaired) electrons. The topological polar surface area (TPSA) is 136 Å². The minimum absolute atomic E-state index is 0.0613. The van der Waals surface area contributed by atoms with E-state index >= 15 is 0 Å². The third-order valence-corrected chi connectivity index (χ3v) is 21.5. The lowest BCUT2D eigenvalue weighted by atomic mass is 10.0. The van der Waals surface area contributed by atoms with Gasteiger partial charge in [0.15, 0.2) is 28.2 Å². The van der Waals surface area contributed by atoms with Gasteiger partial charge in [-0.1, -0.05) is 53.7 Å². The van der Waals surface area contributed by atoms with Crippen LogP contribution in [0.25, 0.3) is 28.0 Å². The molecule has 0 fully saturated rings. The van der Waals surface area contributed by atoms with Crippen molar-refractivity contribution in [2.45, 2.75) is 128 Å². The number of nitrogens with zero attached hydrogens (tertiary/aromatic N) is 4. The molecular formula is C41H65N5O6SSi2. The highest BCUT2D eigenvalue weighted by atomic mass is 32.2. The molecule has 0 spiro atoms. The van der Waals surface area contributed by atoms with Crippen LogP contribution in [0.3, 0.4) is 0 Å². The SMILES string of the molecule is COCCOc1cc(-c2cccc([C@@](O)(CCCO[Si](C)(C)C(C)(C)C)N[S+]([O-])C(C)(C)C)n2)cc2c1cnn2-c1cccc(CO[Si](C)(C)C(C)(C)C)n1. The molecule has 4 aromatic rings. The summed E-state index contributed by atoms with van der Waals surface area (Å²) in [4.78, 5) is 9.97. The van der Waals surface area contributed by atoms with Crippen LogP contribution < -0.4 is 9.46 Å². The zero-order valence-electron chi connectivity index (χ0n) is 35.6. The van der Waals surface area contributed by atoms with Crippen molar-refractivity contribution in [3.63, 3.8) is 0 Å². The number of aliphatic hydroxyl groups is 1. The fraction of sp³-hybridized carbons (Fsp3) is 0.585. The Balaban J connectivity index is 1.75. The van der Waals surface area contributed by atoms with Crippen molar-refractivity contribution in [1.29, 1.82) is 0 Å². The first-order chi connectivity index (χ1) is 25.4. The van der Waals surface area contributed by atoms with Crippen LogP contribution in [0.5, 0.6) is 5.75 Å². The minimum atomic E-state index is -2.00. The number of methoxy groups -OCH3 is 1. The van der Waals surface area contributed by atoms with Crippen molar-refractivity contribution in [1.82, 2.24) is 24.5 Å². The van der Waals surface area contributed by atoms with E-state index in [0.717, 1.165) is 22.2 Å². The van der Waals surface area contributed by atoms with E-state index in [1.807, 2.05) is 63.2 Å². The third-order valence-electron chi connectivity index (χ3n) is 10.8. The molecule has 3 aromatic heterocycles. The summed E-state index contributed by atoms with van der Waals surface area (Å²) in [7, 11) is -2.34. The largest absolute Gasteiger partial charge is 0.598 e. The smallest absolute Gasteiger partial charge is 0.200 e. The highest BCUT2D eigenvalue weighted by Crippen LogP contribution is 2.39. The molecular weight excluding hydrogens is 747 g/mol. The molecule has 55 heavy (non-hydrogen) atoms. The first-order valence-electron chi connectivity index (χ1n) is 19.2. The maximum absolute atomic E-state index is 13.5. The number of nitrogens with one attached hydrogen (secondary N) is 1. The van der Waals surface area contributed by atoms with Crippen molar-refractivity contribution in [3.8, 4) is 22.8 Å². The van der Waals surface area contributed by atoms with E-state index in [4.69, 9.17) is 33.4 Å². The standard InChI is InChI=1S/C41H65N5O6SSi2/c1-38(2,3)53(48)45-41(47,22-17-23-51-54(11,12)39(4,5)6)36-20-16-19-33(44-36)30-26-34-32(35(27-30)50-25-24-49-10)28-42-46(34)37-21-15-18-31(43-37)29-52-55(13,14)40(7,8)9/h15-16,18-21,26-28,45,47H,17,22-25,29H2,1-14H3/t41-,53?/m0/s1. The van der Waals surface area contributed by atoms with Crippen LogP contribution in [0.1, 0.15) is 86.5 Å². The molecule has 0 saturated heterocycles. The van der Waals surface area contributed by atoms with Gasteiger partial charge in [0.1, 0.15) is 17.1 Å². The second kappa shape index (κ2) is 17.4. The second-order valence-corrected chi connectivity index (χ2v) is 29.9. The van der Waals surface area contributed by atoms with Crippen molar-refractivity contribution < 1.29 is 28.0 Å². The quantitative estimate of drug-likeness (QED) is 0.0460. The van der Waals surface area contributed by atoms with Gasteiger partial charge < -0.3 is 28.0 Å². The van der Waals surface area contributed by atoms with E-state index in [1.54, 1.807) is 24.1 Å². The second-order valence-electron chi connectivity index (χ2n) is 18.3. The Kier molecular flexibility index (Phi) is 14.3. The number of rotatable bonds is 17. The van der Waals surface area contributed by atoms with Crippen molar-refractivity contribution in [2.24, 2.45) is 0 Å². The van der Waals surface area contributed by atoms with Gasteiger partial charge in [0.05, 0.1) is 47.4 Å². The first kappa shape index (κ1) is 45.0. The Morgan fingerprint density at radius 3 is 2.13 bits per heavy atom. The normalized spacial score (nSPS) is 15.0. The number of benzene rings is 1. The van der Waals surface area contributed by atoms with E-state index in [1.165, 1.54) is 0 Å². The van der Waals surface area contributed by atoms with Crippen molar-refractivity contribution >= 4 is 38.9 Å². The molecule has 0 aliphatic carbocycles. The van der Waals surface area contributed by atoms with Gasteiger partial charge in [-0.3, -0.25) is 0 Å². The molecule has 0 amide bonds. The maximum atomic E-state index is 13.5. The molecule has 11 nitrogen and oxygen atoms in total. The van der Waals surface area contributed by atoms with E-state index < -0.39 is 38.5 Å². The lowest BCUT2D eigenvalue weighted by Gasteiger charge is -2.37. The van der Waals surface area contributed by atoms with Gasteiger partial charge in [0.25, 0.3) is 0 Å². The molecule has 1 aromatic carbocycles. The summed E-state index contributed by atoms with van der Waals surface area (Å²) in [6.45, 7) is 29.4. The summed E-state index contributed by atoms with van der Waals surface area (Å²) in [6, 6.07) is 15.3.